The number of piperidine rings is 1. The van der Waals surface area contributed by atoms with E-state index in [0.29, 0.717) is 0 Å². The van der Waals surface area contributed by atoms with E-state index in [0.717, 1.165) is 4.31 Å². The molecule has 1 amide bonds. The van der Waals surface area contributed by atoms with Crippen molar-refractivity contribution in [3.05, 3.63) is 72.8 Å². The van der Waals surface area contributed by atoms with Crippen molar-refractivity contribution in [2.45, 2.75) is 54.7 Å². The van der Waals surface area contributed by atoms with Gasteiger partial charge in [-0.15, -0.1) is 0 Å². The molecule has 1 aliphatic carbocycles. The second-order valence-electron chi connectivity index (χ2n) is 10.5. The molecule has 2 aliphatic heterocycles. The van der Waals surface area contributed by atoms with E-state index in [2.05, 4.69) is 0 Å². The van der Waals surface area contributed by atoms with Crippen molar-refractivity contribution >= 4 is 31.7 Å². The Hall–Kier alpha value is -2.86. The van der Waals surface area contributed by atoms with E-state index in [1.165, 1.54) is 40.7 Å². The number of nitrogens with zero attached hydrogens (tertiary/aromatic N) is 2. The fourth-order valence-corrected chi connectivity index (χ4v) is 9.33. The van der Waals surface area contributed by atoms with E-state index in [4.69, 9.17) is 4.74 Å². The molecule has 9 nitrogen and oxygen atoms in total. The molecule has 0 bridgehead atoms. The summed E-state index contributed by atoms with van der Waals surface area (Å²) < 4.78 is 62.7. The summed E-state index contributed by atoms with van der Waals surface area (Å²) in [7, 11) is -8.18. The van der Waals surface area contributed by atoms with Gasteiger partial charge in [0.1, 0.15) is 5.72 Å². The highest BCUT2D eigenvalue weighted by Gasteiger charge is 2.58. The summed E-state index contributed by atoms with van der Waals surface area (Å²) >= 11 is 0. The third-order valence-electron chi connectivity index (χ3n) is 7.74. The molecule has 2 aromatic rings. The van der Waals surface area contributed by atoms with E-state index >= 15 is 0 Å². The number of benzene rings is 2. The molecule has 0 radical (unpaired) electrons. The zero-order valence-electron chi connectivity index (χ0n) is 21.2. The van der Waals surface area contributed by atoms with Crippen LogP contribution in [-0.2, 0) is 34.4 Å². The average molecular weight is 559 g/mol. The van der Waals surface area contributed by atoms with Crippen LogP contribution in [0.15, 0.2) is 82.6 Å². The second-order valence-corrected chi connectivity index (χ2v) is 14.1. The normalized spacial score (nSPS) is 27.9. The number of amides is 1. The van der Waals surface area contributed by atoms with Gasteiger partial charge >= 0.3 is 0 Å². The molecular formula is C27H30N2O7S2. The van der Waals surface area contributed by atoms with Crippen molar-refractivity contribution < 1.29 is 31.2 Å². The molecule has 0 N–H and O–H groups in total. The summed E-state index contributed by atoms with van der Waals surface area (Å²) in [4.78, 5) is 26.6. The lowest BCUT2D eigenvalue weighted by molar-refractivity contribution is -0.144. The van der Waals surface area contributed by atoms with E-state index in [1.807, 2.05) is 0 Å². The van der Waals surface area contributed by atoms with Crippen LogP contribution in [0.1, 0.15) is 33.1 Å². The summed E-state index contributed by atoms with van der Waals surface area (Å²) in [6.45, 7) is 3.27. The molecule has 2 fully saturated rings. The first-order valence-corrected chi connectivity index (χ1v) is 15.4. The Labute approximate surface area is 223 Å². The maximum Gasteiger partial charge on any atom is 0.266 e. The highest BCUT2D eigenvalue weighted by atomic mass is 32.2. The molecule has 3 aliphatic rings. The Morgan fingerprint density at radius 3 is 2.08 bits per heavy atom. The zero-order valence-corrected chi connectivity index (χ0v) is 22.8. The first kappa shape index (κ1) is 26.7. The van der Waals surface area contributed by atoms with Gasteiger partial charge in [0.25, 0.3) is 10.0 Å². The quantitative estimate of drug-likeness (QED) is 0.535. The lowest BCUT2D eigenvalue weighted by Crippen LogP contribution is -2.58. The van der Waals surface area contributed by atoms with E-state index in [-0.39, 0.29) is 48.0 Å². The van der Waals surface area contributed by atoms with Gasteiger partial charge in [0.05, 0.1) is 27.9 Å². The molecule has 5 rings (SSSR count). The monoisotopic (exact) mass is 558 g/mol. The molecule has 0 spiro atoms. The van der Waals surface area contributed by atoms with Crippen molar-refractivity contribution in [1.82, 2.24) is 8.61 Å². The number of hydrogen-bond donors (Lipinski definition) is 0. The Morgan fingerprint density at radius 1 is 0.895 bits per heavy atom. The molecule has 11 heteroatoms. The lowest BCUT2D eigenvalue weighted by atomic mass is 9.63. The molecule has 0 saturated carbocycles. The number of ether oxygens (including phenoxy) is 1. The lowest BCUT2D eigenvalue weighted by Gasteiger charge is -2.48. The highest BCUT2D eigenvalue weighted by molar-refractivity contribution is 7.89. The minimum Gasteiger partial charge on any atom is -0.358 e. The van der Waals surface area contributed by atoms with Gasteiger partial charge in [0.15, 0.2) is 5.78 Å². The highest BCUT2D eigenvalue weighted by Crippen LogP contribution is 2.50. The third kappa shape index (κ3) is 4.31. The zero-order chi connectivity index (χ0) is 27.3. The van der Waals surface area contributed by atoms with Crippen molar-refractivity contribution in [3.8, 4) is 0 Å². The van der Waals surface area contributed by atoms with Gasteiger partial charge < -0.3 is 4.74 Å². The number of fused-ring (bicyclic) bond motifs is 1. The standard InChI is InChI=1S/C27H30N2O7S2/c1-26(2)29(38(34,35)24-11-7-4-8-12-24)21(19-36-26)18-27-15-13-22(30)17-20(27)14-16-28(25(27)31)37(32,33)23-9-5-3-6-10-23/h3-13,15,20-21H,14,16-19H2,1-2H3/t20-,21-,27-/m1/s1. The van der Waals surface area contributed by atoms with Crippen LogP contribution < -0.4 is 0 Å². The molecule has 2 aromatic carbocycles. The summed E-state index contributed by atoms with van der Waals surface area (Å²) in [5.41, 5.74) is -2.58. The fourth-order valence-electron chi connectivity index (χ4n) is 5.95. The number of hydrogen-bond acceptors (Lipinski definition) is 7. The molecule has 0 aromatic heterocycles. The molecule has 38 heavy (non-hydrogen) atoms. The van der Waals surface area contributed by atoms with Gasteiger partial charge in [-0.2, -0.15) is 4.31 Å². The number of ketones is 1. The smallest absolute Gasteiger partial charge is 0.266 e. The topological polar surface area (TPSA) is 118 Å². The first-order chi connectivity index (χ1) is 17.9. The van der Waals surface area contributed by atoms with Crippen molar-refractivity contribution in [3.63, 3.8) is 0 Å². The van der Waals surface area contributed by atoms with Crippen LogP contribution in [0.25, 0.3) is 0 Å². The van der Waals surface area contributed by atoms with E-state index < -0.39 is 49.1 Å². The van der Waals surface area contributed by atoms with Gasteiger partial charge in [-0.25, -0.2) is 21.1 Å². The number of sulfonamides is 2. The SMILES string of the molecule is CC1(C)OC[C@@H](C[C@]23C=CC(=O)C[C@H]2CCN(S(=O)(=O)c2ccccc2)C3=O)N1S(=O)(=O)c1ccccc1. The third-order valence-corrected chi connectivity index (χ3v) is 11.7. The average Bonchev–Trinajstić information content (AvgIpc) is 3.20. The van der Waals surface area contributed by atoms with Crippen LogP contribution in [0.5, 0.6) is 0 Å². The van der Waals surface area contributed by atoms with Gasteiger partial charge in [-0.05, 0) is 62.9 Å². The Morgan fingerprint density at radius 2 is 1.47 bits per heavy atom. The largest absolute Gasteiger partial charge is 0.358 e. The molecule has 202 valence electrons. The molecule has 0 unspecified atom stereocenters. The Bertz CT molecular complexity index is 1490. The summed E-state index contributed by atoms with van der Waals surface area (Å²) in [6.07, 6.45) is 3.18. The van der Waals surface area contributed by atoms with Crippen molar-refractivity contribution in [2.24, 2.45) is 11.3 Å². The molecule has 2 heterocycles. The van der Waals surface area contributed by atoms with E-state index in [9.17, 15) is 26.4 Å². The van der Waals surface area contributed by atoms with Gasteiger partial charge in [-0.3, -0.25) is 9.59 Å². The number of carbonyl (C=O) groups is 2. The number of rotatable bonds is 6. The maximum atomic E-state index is 14.2. The van der Waals surface area contributed by atoms with Gasteiger partial charge in [0.2, 0.25) is 15.9 Å². The van der Waals surface area contributed by atoms with Crippen LogP contribution in [0, 0.1) is 11.3 Å². The van der Waals surface area contributed by atoms with Gasteiger partial charge in [-0.1, -0.05) is 42.5 Å². The second kappa shape index (κ2) is 9.41. The van der Waals surface area contributed by atoms with Crippen LogP contribution in [0.4, 0.5) is 0 Å². The van der Waals surface area contributed by atoms with Crippen LogP contribution >= 0.6 is 0 Å². The van der Waals surface area contributed by atoms with Crippen LogP contribution in [0.2, 0.25) is 0 Å². The van der Waals surface area contributed by atoms with Crippen LogP contribution in [0.3, 0.4) is 0 Å². The maximum absolute atomic E-state index is 14.2. The number of carbonyl (C=O) groups excluding carboxylic acids is 2. The molecule has 3 atom stereocenters. The predicted octanol–water partition coefficient (Wildman–Crippen LogP) is 2.96. The van der Waals surface area contributed by atoms with Crippen LogP contribution in [-0.4, -0.2) is 62.1 Å². The molecular weight excluding hydrogens is 528 g/mol. The first-order valence-electron chi connectivity index (χ1n) is 12.5. The summed E-state index contributed by atoms with van der Waals surface area (Å²) in [5.74, 6) is -1.25. The van der Waals surface area contributed by atoms with Gasteiger partial charge in [0, 0.05) is 13.0 Å². The summed E-state index contributed by atoms with van der Waals surface area (Å²) in [6, 6.07) is 14.9. The molecule has 2 saturated heterocycles. The fraction of sp³-hybridized carbons (Fsp3) is 0.407. The van der Waals surface area contributed by atoms with Crippen molar-refractivity contribution in [2.75, 3.05) is 13.2 Å². The Kier molecular flexibility index (Phi) is 6.62. The Balaban J connectivity index is 1.57. The van der Waals surface area contributed by atoms with E-state index in [1.54, 1.807) is 50.2 Å². The number of allylic oxidation sites excluding steroid dienone is 1. The summed E-state index contributed by atoms with van der Waals surface area (Å²) in [5, 5.41) is 0. The minimum atomic E-state index is -4.15. The predicted molar refractivity (Wildman–Crippen MR) is 139 cm³/mol. The van der Waals surface area contributed by atoms with Crippen molar-refractivity contribution in [1.29, 1.82) is 0 Å². The minimum absolute atomic E-state index is 0.00331.